The second kappa shape index (κ2) is 6.94. The summed E-state index contributed by atoms with van der Waals surface area (Å²) in [5.74, 6) is 0. The molecule has 1 heteroatoms. The van der Waals surface area contributed by atoms with Crippen LogP contribution in [0.4, 0.5) is 0 Å². The summed E-state index contributed by atoms with van der Waals surface area (Å²) in [6.07, 6.45) is 0. The van der Waals surface area contributed by atoms with Crippen molar-refractivity contribution in [3.05, 3.63) is 127 Å². The van der Waals surface area contributed by atoms with Crippen LogP contribution in [0, 0.1) is 0 Å². The molecule has 0 aliphatic heterocycles. The van der Waals surface area contributed by atoms with E-state index in [1.807, 2.05) is 0 Å². The Kier molecular flexibility index (Phi) is 3.72. The van der Waals surface area contributed by atoms with Crippen LogP contribution in [0.3, 0.4) is 0 Å². The molecule has 6 aromatic carbocycles. The van der Waals surface area contributed by atoms with Gasteiger partial charge in [0.2, 0.25) is 0 Å². The molecule has 0 fully saturated rings. The summed E-state index contributed by atoms with van der Waals surface area (Å²) < 4.78 is 2.46. The van der Waals surface area contributed by atoms with E-state index in [4.69, 9.17) is 0 Å². The molecule has 0 bridgehead atoms. The molecule has 162 valence electrons. The lowest BCUT2D eigenvalue weighted by atomic mass is 9.97. The summed E-state index contributed by atoms with van der Waals surface area (Å²) in [4.78, 5) is 0. The lowest BCUT2D eigenvalue weighted by molar-refractivity contribution is 1.37. The summed E-state index contributed by atoms with van der Waals surface area (Å²) in [6.45, 7) is 0. The van der Waals surface area contributed by atoms with Crippen molar-refractivity contribution < 1.29 is 0 Å². The van der Waals surface area contributed by atoms with Gasteiger partial charge in [0.05, 0.1) is 16.6 Å². The number of nitrogens with zero attached hydrogens (tertiary/aromatic N) is 1. The fraction of sp³-hybridized carbons (Fsp3) is 0. The van der Waals surface area contributed by atoms with Gasteiger partial charge in [-0.3, -0.25) is 0 Å². The van der Waals surface area contributed by atoms with Crippen LogP contribution in [-0.4, -0.2) is 4.40 Å². The van der Waals surface area contributed by atoms with Crippen molar-refractivity contribution in [2.75, 3.05) is 0 Å². The minimum atomic E-state index is 1.24. The Morgan fingerprint density at radius 2 is 0.943 bits per heavy atom. The Bertz CT molecular complexity index is 2040. The highest BCUT2D eigenvalue weighted by molar-refractivity contribution is 6.24. The molecular weight excluding hydrogens is 422 g/mol. The molecule has 0 aliphatic carbocycles. The molecule has 35 heavy (non-hydrogen) atoms. The number of rotatable bonds is 2. The molecule has 0 N–H and O–H groups in total. The van der Waals surface area contributed by atoms with Gasteiger partial charge in [-0.1, -0.05) is 97.1 Å². The Balaban J connectivity index is 1.40. The van der Waals surface area contributed by atoms with E-state index in [0.717, 1.165) is 0 Å². The average molecular weight is 444 g/mol. The maximum atomic E-state index is 2.46. The van der Waals surface area contributed by atoms with Crippen LogP contribution in [-0.2, 0) is 0 Å². The van der Waals surface area contributed by atoms with Crippen molar-refractivity contribution in [2.24, 2.45) is 0 Å². The Hall–Kier alpha value is -4.62. The molecule has 0 saturated carbocycles. The quantitative estimate of drug-likeness (QED) is 0.251. The summed E-state index contributed by atoms with van der Waals surface area (Å²) in [7, 11) is 0. The van der Waals surface area contributed by atoms with Crippen molar-refractivity contribution in [3.8, 4) is 22.3 Å². The van der Waals surface area contributed by atoms with Crippen LogP contribution >= 0.6 is 0 Å². The van der Waals surface area contributed by atoms with Crippen molar-refractivity contribution in [1.82, 2.24) is 4.40 Å². The third-order valence-electron chi connectivity index (χ3n) is 7.49. The van der Waals surface area contributed by atoms with Crippen molar-refractivity contribution in [3.63, 3.8) is 0 Å². The molecule has 0 unspecified atom stereocenters. The molecule has 0 atom stereocenters. The Morgan fingerprint density at radius 1 is 0.343 bits per heavy atom. The molecule has 0 radical (unpaired) electrons. The largest absolute Gasteiger partial charge is 0.308 e. The number of benzene rings is 6. The first-order valence-corrected chi connectivity index (χ1v) is 12.1. The normalized spacial score (nSPS) is 12.0. The van der Waals surface area contributed by atoms with Gasteiger partial charge in [0.15, 0.2) is 0 Å². The Labute approximate surface area is 202 Å². The van der Waals surface area contributed by atoms with E-state index in [0.29, 0.717) is 0 Å². The molecule has 1 nitrogen and oxygen atoms in total. The summed E-state index contributed by atoms with van der Waals surface area (Å²) in [5.41, 5.74) is 8.86. The van der Waals surface area contributed by atoms with Crippen molar-refractivity contribution in [2.45, 2.75) is 0 Å². The minimum Gasteiger partial charge on any atom is -0.308 e. The van der Waals surface area contributed by atoms with Crippen LogP contribution < -0.4 is 0 Å². The molecule has 0 aliphatic rings. The maximum absolute atomic E-state index is 2.46. The fourth-order valence-corrected chi connectivity index (χ4v) is 5.85. The Morgan fingerprint density at radius 3 is 1.74 bits per heavy atom. The first kappa shape index (κ1) is 18.8. The van der Waals surface area contributed by atoms with Crippen molar-refractivity contribution >= 4 is 48.9 Å². The van der Waals surface area contributed by atoms with E-state index in [-0.39, 0.29) is 0 Å². The number of aromatic nitrogens is 1. The third kappa shape index (κ3) is 2.64. The topological polar surface area (TPSA) is 4.41 Å². The highest BCUT2D eigenvalue weighted by Crippen LogP contribution is 2.41. The lowest BCUT2D eigenvalue weighted by Crippen LogP contribution is -1.84. The zero-order valence-electron chi connectivity index (χ0n) is 19.1. The predicted octanol–water partition coefficient (Wildman–Crippen LogP) is 9.32. The standard InChI is InChI=1S/C34H21N/c1-2-8-22(9-3-1)23-12-6-13-24(18-23)27-16-17-32-30(20-27)28-14-7-15-29-31-19-25-10-4-5-11-26(25)21-33(31)35(32)34(28)29/h1-21H. The maximum Gasteiger partial charge on any atom is 0.0620 e. The van der Waals surface area contributed by atoms with Crippen LogP contribution in [0.5, 0.6) is 0 Å². The van der Waals surface area contributed by atoms with Crippen LogP contribution in [0.25, 0.3) is 71.1 Å². The molecule has 8 aromatic rings. The van der Waals surface area contributed by atoms with E-state index >= 15 is 0 Å². The summed E-state index contributed by atoms with van der Waals surface area (Å²) in [6, 6.07) is 46.5. The monoisotopic (exact) mass is 443 g/mol. The van der Waals surface area contributed by atoms with Gasteiger partial charge in [0, 0.05) is 21.5 Å². The lowest BCUT2D eigenvalue weighted by Gasteiger charge is -2.07. The van der Waals surface area contributed by atoms with Gasteiger partial charge in [0.25, 0.3) is 0 Å². The molecule has 0 amide bonds. The van der Waals surface area contributed by atoms with E-state index in [2.05, 4.69) is 132 Å². The second-order valence-electron chi connectivity index (χ2n) is 9.43. The molecular formula is C34H21N. The van der Waals surface area contributed by atoms with Crippen LogP contribution in [0.1, 0.15) is 0 Å². The highest BCUT2D eigenvalue weighted by atomic mass is 14.9. The summed E-state index contributed by atoms with van der Waals surface area (Å²) in [5, 5.41) is 7.85. The predicted molar refractivity (Wildman–Crippen MR) is 149 cm³/mol. The van der Waals surface area contributed by atoms with Gasteiger partial charge in [-0.15, -0.1) is 0 Å². The summed E-state index contributed by atoms with van der Waals surface area (Å²) >= 11 is 0. The zero-order valence-corrected chi connectivity index (χ0v) is 19.1. The van der Waals surface area contributed by atoms with Gasteiger partial charge < -0.3 is 4.40 Å². The SMILES string of the molecule is c1ccc(-c2cccc(-c3ccc4c(c3)c3cccc5c6cc7ccccc7cc6n4c35)c2)cc1. The molecule has 2 heterocycles. The third-order valence-corrected chi connectivity index (χ3v) is 7.49. The van der Waals surface area contributed by atoms with Gasteiger partial charge in [-0.2, -0.15) is 0 Å². The zero-order chi connectivity index (χ0) is 22.9. The average Bonchev–Trinajstić information content (AvgIpc) is 3.43. The number of hydrogen-bond acceptors (Lipinski definition) is 0. The fourth-order valence-electron chi connectivity index (χ4n) is 5.85. The number of hydrogen-bond donors (Lipinski definition) is 0. The molecule has 8 rings (SSSR count). The molecule has 2 aromatic heterocycles. The van der Waals surface area contributed by atoms with E-state index < -0.39 is 0 Å². The first-order valence-electron chi connectivity index (χ1n) is 12.1. The van der Waals surface area contributed by atoms with E-state index in [1.54, 1.807) is 0 Å². The highest BCUT2D eigenvalue weighted by Gasteiger charge is 2.18. The van der Waals surface area contributed by atoms with E-state index in [9.17, 15) is 0 Å². The van der Waals surface area contributed by atoms with Gasteiger partial charge >= 0.3 is 0 Å². The smallest absolute Gasteiger partial charge is 0.0620 e. The molecule has 0 saturated heterocycles. The van der Waals surface area contributed by atoms with Gasteiger partial charge in [-0.05, 0) is 63.4 Å². The number of fused-ring (bicyclic) bond motifs is 7. The van der Waals surface area contributed by atoms with Crippen LogP contribution in [0.2, 0.25) is 0 Å². The second-order valence-corrected chi connectivity index (χ2v) is 9.43. The molecule has 0 spiro atoms. The number of para-hydroxylation sites is 1. The first-order chi connectivity index (χ1) is 17.3. The minimum absolute atomic E-state index is 1.24. The van der Waals surface area contributed by atoms with Crippen molar-refractivity contribution in [1.29, 1.82) is 0 Å². The van der Waals surface area contributed by atoms with E-state index in [1.165, 1.54) is 71.1 Å². The van der Waals surface area contributed by atoms with Gasteiger partial charge in [-0.25, -0.2) is 0 Å². The van der Waals surface area contributed by atoms with Crippen LogP contribution in [0.15, 0.2) is 127 Å². The van der Waals surface area contributed by atoms with Gasteiger partial charge in [0.1, 0.15) is 0 Å².